The van der Waals surface area contributed by atoms with E-state index in [0.717, 1.165) is 12.8 Å². The number of ether oxygens (including phenoxy) is 3. The van der Waals surface area contributed by atoms with Crippen LogP contribution in [-0.4, -0.2) is 39.0 Å². The molecule has 0 aromatic heterocycles. The molecule has 226 valence electrons. The van der Waals surface area contributed by atoms with Gasteiger partial charge in [-0.2, -0.15) is 0 Å². The molecular weight excluding hydrogens is 536 g/mol. The molecule has 0 amide bonds. The Morgan fingerprint density at radius 3 is 1.95 bits per heavy atom. The SMILES string of the molecule is C[C@@H]([C@H]1O[C@]2(C)CC[C@H](O2)[C@H]1C)[C@H](OCc1ccccc1)[C@H](C)CO[Si](c1ccccc1)(c1ccccc1)C(C)(C)C. The van der Waals surface area contributed by atoms with Crippen LogP contribution in [0.15, 0.2) is 91.0 Å². The molecule has 0 saturated carbocycles. The molecule has 0 radical (unpaired) electrons. The van der Waals surface area contributed by atoms with Crippen LogP contribution in [0.4, 0.5) is 0 Å². The number of hydrogen-bond donors (Lipinski definition) is 0. The van der Waals surface area contributed by atoms with E-state index in [1.165, 1.54) is 15.9 Å². The van der Waals surface area contributed by atoms with Crippen LogP contribution in [0, 0.1) is 17.8 Å². The van der Waals surface area contributed by atoms with Gasteiger partial charge in [0.1, 0.15) is 0 Å². The van der Waals surface area contributed by atoms with Gasteiger partial charge in [-0.25, -0.2) is 0 Å². The first kappa shape index (κ1) is 31.2. The van der Waals surface area contributed by atoms with Crippen LogP contribution in [0.3, 0.4) is 0 Å². The zero-order chi connectivity index (χ0) is 30.0. The van der Waals surface area contributed by atoms with Gasteiger partial charge in [0.25, 0.3) is 8.32 Å². The zero-order valence-electron chi connectivity index (χ0n) is 26.6. The minimum atomic E-state index is -2.66. The first-order valence-corrected chi connectivity index (χ1v) is 17.7. The summed E-state index contributed by atoms with van der Waals surface area (Å²) < 4.78 is 27.3. The van der Waals surface area contributed by atoms with Gasteiger partial charge < -0.3 is 18.6 Å². The molecule has 5 heteroatoms. The monoisotopic (exact) mass is 586 g/mol. The molecule has 0 N–H and O–H groups in total. The lowest BCUT2D eigenvalue weighted by molar-refractivity contribution is -0.310. The van der Waals surface area contributed by atoms with Gasteiger partial charge >= 0.3 is 0 Å². The predicted octanol–water partition coefficient (Wildman–Crippen LogP) is 7.35. The zero-order valence-corrected chi connectivity index (χ0v) is 27.6. The molecule has 2 fully saturated rings. The van der Waals surface area contributed by atoms with Crippen molar-refractivity contribution >= 4 is 18.7 Å². The smallest absolute Gasteiger partial charge is 0.261 e. The second-order valence-electron chi connectivity index (χ2n) is 13.8. The van der Waals surface area contributed by atoms with Crippen molar-refractivity contribution in [3.05, 3.63) is 96.6 Å². The van der Waals surface area contributed by atoms with E-state index in [2.05, 4.69) is 139 Å². The van der Waals surface area contributed by atoms with E-state index in [0.29, 0.717) is 19.1 Å². The number of fused-ring (bicyclic) bond motifs is 2. The van der Waals surface area contributed by atoms with Crippen molar-refractivity contribution in [2.75, 3.05) is 6.61 Å². The summed E-state index contributed by atoms with van der Waals surface area (Å²) in [6.45, 7) is 17.2. The first-order chi connectivity index (χ1) is 20.0. The van der Waals surface area contributed by atoms with E-state index in [-0.39, 0.29) is 35.2 Å². The molecule has 42 heavy (non-hydrogen) atoms. The minimum Gasteiger partial charge on any atom is -0.407 e. The van der Waals surface area contributed by atoms with Crippen LogP contribution in [0.25, 0.3) is 0 Å². The molecule has 2 heterocycles. The minimum absolute atomic E-state index is 0.0445. The summed E-state index contributed by atoms with van der Waals surface area (Å²) in [5, 5.41) is 2.53. The number of rotatable bonds is 11. The van der Waals surface area contributed by atoms with E-state index < -0.39 is 14.1 Å². The van der Waals surface area contributed by atoms with Gasteiger partial charge in [0.15, 0.2) is 5.79 Å². The second-order valence-corrected chi connectivity index (χ2v) is 18.1. The second kappa shape index (κ2) is 12.8. The molecule has 3 aromatic rings. The maximum Gasteiger partial charge on any atom is 0.261 e. The molecule has 0 unspecified atom stereocenters. The van der Waals surface area contributed by atoms with E-state index in [9.17, 15) is 0 Å². The van der Waals surface area contributed by atoms with Crippen molar-refractivity contribution in [2.24, 2.45) is 17.8 Å². The third-order valence-electron chi connectivity index (χ3n) is 9.64. The molecule has 2 bridgehead atoms. The quantitative estimate of drug-likeness (QED) is 0.220. The highest BCUT2D eigenvalue weighted by Gasteiger charge is 2.53. The Labute approximate surface area is 254 Å². The first-order valence-electron chi connectivity index (χ1n) is 15.8. The van der Waals surface area contributed by atoms with Gasteiger partial charge in [0.2, 0.25) is 0 Å². The fourth-order valence-corrected chi connectivity index (χ4v) is 12.1. The Bertz CT molecular complexity index is 1220. The molecule has 0 spiro atoms. The fourth-order valence-electron chi connectivity index (χ4n) is 7.39. The Hall–Kier alpha value is -2.28. The van der Waals surface area contributed by atoms with Crippen LogP contribution in [0.1, 0.15) is 66.9 Å². The van der Waals surface area contributed by atoms with Crippen molar-refractivity contribution in [1.82, 2.24) is 0 Å². The van der Waals surface area contributed by atoms with E-state index in [1.807, 2.05) is 0 Å². The summed E-state index contributed by atoms with van der Waals surface area (Å²) in [6.07, 6.45) is 2.27. The predicted molar refractivity (Wildman–Crippen MR) is 173 cm³/mol. The average molecular weight is 587 g/mol. The molecule has 2 saturated heterocycles. The van der Waals surface area contributed by atoms with Crippen molar-refractivity contribution in [1.29, 1.82) is 0 Å². The third kappa shape index (κ3) is 6.32. The Kier molecular flexibility index (Phi) is 9.46. The maximum atomic E-state index is 7.39. The average Bonchev–Trinajstić information content (AvgIpc) is 3.33. The summed E-state index contributed by atoms with van der Waals surface area (Å²) >= 11 is 0. The van der Waals surface area contributed by atoms with Crippen molar-refractivity contribution in [3.63, 3.8) is 0 Å². The molecule has 4 nitrogen and oxygen atoms in total. The van der Waals surface area contributed by atoms with Crippen LogP contribution < -0.4 is 10.4 Å². The standard InChI is InChI=1S/C37H50O4Si/c1-27(25-39-42(36(4,5)6,31-19-13-9-14-20-31)32-21-15-10-16-22-32)34(38-26-30-17-11-8-12-18-30)29(3)35-28(2)33-23-24-37(7,40-33)41-35/h8-22,27-29,33-35H,23-26H2,1-7H3/t27-,28-,29-,33+,34-,35+,37-/m1/s1. The topological polar surface area (TPSA) is 36.9 Å². The lowest BCUT2D eigenvalue weighted by Gasteiger charge is -2.46. The van der Waals surface area contributed by atoms with Crippen molar-refractivity contribution in [2.45, 2.75) is 97.1 Å². The lowest BCUT2D eigenvalue weighted by atomic mass is 9.81. The van der Waals surface area contributed by atoms with Gasteiger partial charge in [-0.3, -0.25) is 0 Å². The van der Waals surface area contributed by atoms with E-state index in [4.69, 9.17) is 18.6 Å². The third-order valence-corrected chi connectivity index (χ3v) is 14.6. The van der Waals surface area contributed by atoms with Gasteiger partial charge in [-0.15, -0.1) is 0 Å². The molecular formula is C37H50O4Si. The van der Waals surface area contributed by atoms with Crippen molar-refractivity contribution < 1.29 is 18.6 Å². The molecule has 2 aliphatic heterocycles. The Balaban J connectivity index is 1.45. The molecule has 2 aliphatic rings. The summed E-state index contributed by atoms with van der Waals surface area (Å²) in [5.41, 5.74) is 1.18. The summed E-state index contributed by atoms with van der Waals surface area (Å²) in [6, 6.07) is 32.3. The maximum absolute atomic E-state index is 7.39. The fraction of sp³-hybridized carbons (Fsp3) is 0.514. The molecule has 7 atom stereocenters. The van der Waals surface area contributed by atoms with Crippen LogP contribution in [-0.2, 0) is 25.2 Å². The van der Waals surface area contributed by atoms with Crippen LogP contribution >= 0.6 is 0 Å². The summed E-state index contributed by atoms with van der Waals surface area (Å²) in [7, 11) is -2.66. The molecule has 3 aromatic carbocycles. The van der Waals surface area contributed by atoms with Gasteiger partial charge in [0, 0.05) is 30.8 Å². The van der Waals surface area contributed by atoms with E-state index >= 15 is 0 Å². The number of benzene rings is 3. The van der Waals surface area contributed by atoms with E-state index in [1.54, 1.807) is 0 Å². The van der Waals surface area contributed by atoms with Crippen LogP contribution in [0.2, 0.25) is 5.04 Å². The summed E-state index contributed by atoms with van der Waals surface area (Å²) in [5.74, 6) is 0.136. The molecule has 0 aliphatic carbocycles. The largest absolute Gasteiger partial charge is 0.407 e. The van der Waals surface area contributed by atoms with Gasteiger partial charge in [-0.05, 0) is 34.3 Å². The summed E-state index contributed by atoms with van der Waals surface area (Å²) in [4.78, 5) is 0. The Morgan fingerprint density at radius 1 is 0.857 bits per heavy atom. The van der Waals surface area contributed by atoms with Gasteiger partial charge in [0.05, 0.1) is 24.9 Å². The lowest BCUT2D eigenvalue weighted by Crippen LogP contribution is -2.67. The highest BCUT2D eigenvalue weighted by atomic mass is 28.4. The normalized spacial score (nSPS) is 26.5. The van der Waals surface area contributed by atoms with Gasteiger partial charge in [-0.1, -0.05) is 133 Å². The van der Waals surface area contributed by atoms with Crippen molar-refractivity contribution in [3.8, 4) is 0 Å². The van der Waals surface area contributed by atoms with Crippen LogP contribution in [0.5, 0.6) is 0 Å². The molecule has 5 rings (SSSR count). The highest BCUT2D eigenvalue weighted by molar-refractivity contribution is 6.99. The Morgan fingerprint density at radius 2 is 1.40 bits per heavy atom. The highest BCUT2D eigenvalue weighted by Crippen LogP contribution is 2.46. The number of hydrogen-bond acceptors (Lipinski definition) is 4.